The summed E-state index contributed by atoms with van der Waals surface area (Å²) in [6.07, 6.45) is 7.92. The highest BCUT2D eigenvalue weighted by molar-refractivity contribution is 5.80. The average Bonchev–Trinajstić information content (AvgIpc) is 2.56. The van der Waals surface area contributed by atoms with Gasteiger partial charge in [0.1, 0.15) is 0 Å². The van der Waals surface area contributed by atoms with Crippen LogP contribution in [-0.4, -0.2) is 30.1 Å². The first-order valence-electron chi connectivity index (χ1n) is 9.13. The summed E-state index contributed by atoms with van der Waals surface area (Å²) in [5.74, 6) is 2.67. The van der Waals surface area contributed by atoms with Crippen LogP contribution in [0.2, 0.25) is 0 Å². The van der Waals surface area contributed by atoms with E-state index in [2.05, 4.69) is 42.5 Å². The van der Waals surface area contributed by atoms with E-state index < -0.39 is 0 Å². The topological polar surface area (TPSA) is 49.3 Å². The zero-order valence-electron chi connectivity index (χ0n) is 14.9. The van der Waals surface area contributed by atoms with E-state index in [1.807, 2.05) is 18.3 Å². The van der Waals surface area contributed by atoms with E-state index in [0.717, 1.165) is 43.0 Å². The van der Waals surface area contributed by atoms with Gasteiger partial charge < -0.3 is 10.6 Å². The van der Waals surface area contributed by atoms with Crippen molar-refractivity contribution in [3.05, 3.63) is 30.1 Å². The normalized spacial score (nSPS) is 22.2. The molecule has 1 fully saturated rings. The van der Waals surface area contributed by atoms with Crippen LogP contribution in [0.1, 0.15) is 52.1 Å². The fraction of sp³-hybridized carbons (Fsp3) is 0.684. The lowest BCUT2D eigenvalue weighted by Gasteiger charge is -2.32. The Bertz CT molecular complexity index is 462. The Hall–Kier alpha value is -1.58. The van der Waals surface area contributed by atoms with Crippen molar-refractivity contribution in [2.45, 2.75) is 58.9 Å². The summed E-state index contributed by atoms with van der Waals surface area (Å²) >= 11 is 0. The van der Waals surface area contributed by atoms with E-state index in [1.54, 1.807) is 0 Å². The molecule has 1 aromatic rings. The van der Waals surface area contributed by atoms with Gasteiger partial charge in [0.15, 0.2) is 5.96 Å². The predicted octanol–water partition coefficient (Wildman–Crippen LogP) is 3.39. The van der Waals surface area contributed by atoms with Crippen LogP contribution in [0.4, 0.5) is 0 Å². The maximum atomic E-state index is 4.71. The number of rotatable bonds is 6. The first-order chi connectivity index (χ1) is 11.2. The smallest absolute Gasteiger partial charge is 0.191 e. The standard InChI is InChI=1S/C19H32N4/c1-4-20-19(22-14-12-17-7-5-6-13-21-17)23-18-10-8-16(9-11-18)15(2)3/h5-7,13,15-16,18H,4,8-12,14H2,1-3H3,(H2,20,22,23). The van der Waals surface area contributed by atoms with E-state index in [1.165, 1.54) is 25.7 Å². The van der Waals surface area contributed by atoms with Gasteiger partial charge in [-0.2, -0.15) is 0 Å². The van der Waals surface area contributed by atoms with Crippen LogP contribution in [0.15, 0.2) is 29.4 Å². The molecule has 4 nitrogen and oxygen atoms in total. The minimum absolute atomic E-state index is 0.567. The summed E-state index contributed by atoms with van der Waals surface area (Å²) in [5, 5.41) is 6.99. The molecule has 2 rings (SSSR count). The Morgan fingerprint density at radius 2 is 2.04 bits per heavy atom. The Morgan fingerprint density at radius 1 is 1.26 bits per heavy atom. The molecule has 4 heteroatoms. The highest BCUT2D eigenvalue weighted by Gasteiger charge is 2.23. The molecule has 0 radical (unpaired) electrons. The van der Waals surface area contributed by atoms with Crippen molar-refractivity contribution >= 4 is 5.96 Å². The van der Waals surface area contributed by atoms with Gasteiger partial charge in [0.05, 0.1) is 0 Å². The number of hydrogen-bond donors (Lipinski definition) is 2. The molecule has 1 aromatic heterocycles. The Kier molecular flexibility index (Phi) is 7.37. The van der Waals surface area contributed by atoms with Gasteiger partial charge in [-0.25, -0.2) is 0 Å². The second-order valence-electron chi connectivity index (χ2n) is 6.83. The molecule has 23 heavy (non-hydrogen) atoms. The number of aromatic nitrogens is 1. The summed E-state index contributed by atoms with van der Waals surface area (Å²) in [7, 11) is 0. The van der Waals surface area contributed by atoms with Crippen LogP contribution in [0, 0.1) is 11.8 Å². The Morgan fingerprint density at radius 3 is 2.65 bits per heavy atom. The number of nitrogens with one attached hydrogen (secondary N) is 2. The monoisotopic (exact) mass is 316 g/mol. The van der Waals surface area contributed by atoms with Crippen molar-refractivity contribution in [2.75, 3.05) is 13.1 Å². The van der Waals surface area contributed by atoms with Crippen LogP contribution in [-0.2, 0) is 6.42 Å². The number of hydrogen-bond acceptors (Lipinski definition) is 2. The van der Waals surface area contributed by atoms with Crippen molar-refractivity contribution in [1.82, 2.24) is 15.6 Å². The van der Waals surface area contributed by atoms with Crippen LogP contribution in [0.3, 0.4) is 0 Å². The molecule has 1 aliphatic carbocycles. The molecule has 0 atom stereocenters. The summed E-state index contributed by atoms with van der Waals surface area (Å²) in [6, 6.07) is 6.61. The van der Waals surface area contributed by atoms with Gasteiger partial charge in [-0.05, 0) is 56.6 Å². The van der Waals surface area contributed by atoms with Gasteiger partial charge >= 0.3 is 0 Å². The molecular weight excluding hydrogens is 284 g/mol. The molecular formula is C19H32N4. The van der Waals surface area contributed by atoms with Gasteiger partial charge in [-0.15, -0.1) is 0 Å². The number of aliphatic imine (C=N–C) groups is 1. The maximum absolute atomic E-state index is 4.71. The van der Waals surface area contributed by atoms with Crippen molar-refractivity contribution < 1.29 is 0 Å². The van der Waals surface area contributed by atoms with Crippen molar-refractivity contribution in [3.63, 3.8) is 0 Å². The zero-order valence-corrected chi connectivity index (χ0v) is 14.9. The molecule has 0 aliphatic heterocycles. The van der Waals surface area contributed by atoms with Crippen LogP contribution in [0.25, 0.3) is 0 Å². The van der Waals surface area contributed by atoms with Crippen molar-refractivity contribution in [3.8, 4) is 0 Å². The molecule has 1 aliphatic rings. The first kappa shape index (κ1) is 17.8. The lowest BCUT2D eigenvalue weighted by molar-refractivity contribution is 0.250. The van der Waals surface area contributed by atoms with Gasteiger partial charge in [0.2, 0.25) is 0 Å². The molecule has 0 spiro atoms. The number of nitrogens with zero attached hydrogens (tertiary/aromatic N) is 2. The SMILES string of the molecule is CCNC(=NCCc1ccccn1)NC1CCC(C(C)C)CC1. The lowest BCUT2D eigenvalue weighted by atomic mass is 9.80. The van der Waals surface area contributed by atoms with Gasteiger partial charge in [-0.3, -0.25) is 9.98 Å². The van der Waals surface area contributed by atoms with Crippen LogP contribution < -0.4 is 10.6 Å². The molecule has 0 unspecified atom stereocenters. The maximum Gasteiger partial charge on any atom is 0.191 e. The second-order valence-corrected chi connectivity index (χ2v) is 6.83. The summed E-state index contributed by atoms with van der Waals surface area (Å²) in [5.41, 5.74) is 1.10. The molecule has 0 aromatic carbocycles. The van der Waals surface area contributed by atoms with E-state index in [0.29, 0.717) is 6.04 Å². The van der Waals surface area contributed by atoms with E-state index in [-0.39, 0.29) is 0 Å². The highest BCUT2D eigenvalue weighted by atomic mass is 15.2. The van der Waals surface area contributed by atoms with E-state index in [9.17, 15) is 0 Å². The molecule has 0 saturated heterocycles. The molecule has 128 valence electrons. The van der Waals surface area contributed by atoms with Crippen molar-refractivity contribution in [2.24, 2.45) is 16.8 Å². The lowest BCUT2D eigenvalue weighted by Crippen LogP contribution is -2.45. The third-order valence-electron chi connectivity index (χ3n) is 4.76. The number of pyridine rings is 1. The minimum atomic E-state index is 0.567. The largest absolute Gasteiger partial charge is 0.357 e. The highest BCUT2D eigenvalue weighted by Crippen LogP contribution is 2.29. The van der Waals surface area contributed by atoms with Crippen LogP contribution >= 0.6 is 0 Å². The summed E-state index contributed by atoms with van der Waals surface area (Å²) in [6.45, 7) is 8.49. The molecule has 1 heterocycles. The fourth-order valence-electron chi connectivity index (χ4n) is 3.27. The third-order valence-corrected chi connectivity index (χ3v) is 4.76. The first-order valence-corrected chi connectivity index (χ1v) is 9.13. The number of guanidine groups is 1. The van der Waals surface area contributed by atoms with E-state index >= 15 is 0 Å². The second kappa shape index (κ2) is 9.53. The fourth-order valence-corrected chi connectivity index (χ4v) is 3.27. The molecule has 0 bridgehead atoms. The molecule has 1 saturated carbocycles. The quantitative estimate of drug-likeness (QED) is 0.625. The van der Waals surface area contributed by atoms with Gasteiger partial charge in [0, 0.05) is 37.4 Å². The van der Waals surface area contributed by atoms with Gasteiger partial charge in [-0.1, -0.05) is 19.9 Å². The predicted molar refractivity (Wildman–Crippen MR) is 97.6 cm³/mol. The van der Waals surface area contributed by atoms with Gasteiger partial charge in [0.25, 0.3) is 0 Å². The van der Waals surface area contributed by atoms with Crippen LogP contribution in [0.5, 0.6) is 0 Å². The average molecular weight is 316 g/mol. The minimum Gasteiger partial charge on any atom is -0.357 e. The molecule has 2 N–H and O–H groups in total. The third kappa shape index (κ3) is 6.20. The zero-order chi connectivity index (χ0) is 16.5. The summed E-state index contributed by atoms with van der Waals surface area (Å²) < 4.78 is 0. The van der Waals surface area contributed by atoms with E-state index in [4.69, 9.17) is 4.99 Å². The van der Waals surface area contributed by atoms with Crippen molar-refractivity contribution in [1.29, 1.82) is 0 Å². The molecule has 0 amide bonds. The Labute approximate surface area is 141 Å². The Balaban J connectivity index is 1.80. The summed E-state index contributed by atoms with van der Waals surface area (Å²) in [4.78, 5) is 9.06.